The molecule has 4 heteroatoms. The molecule has 0 saturated heterocycles. The molecule has 16 heavy (non-hydrogen) atoms. The average Bonchev–Trinajstić information content (AvgIpc) is 2.28. The number of rotatable bonds is 4. The molecule has 0 aliphatic carbocycles. The molecule has 1 aromatic heterocycles. The molecule has 0 radical (unpaired) electrons. The van der Waals surface area contributed by atoms with Crippen molar-refractivity contribution in [3.8, 4) is 24.1 Å². The molecule has 0 amide bonds. The Hall–Kier alpha value is -1.76. The topological polar surface area (TPSA) is 44.2 Å². The highest BCUT2D eigenvalue weighted by Crippen LogP contribution is 2.26. The van der Waals surface area contributed by atoms with Gasteiger partial charge in [0.15, 0.2) is 0 Å². The molecule has 1 heterocycles. The van der Waals surface area contributed by atoms with Crippen LogP contribution in [0.15, 0.2) is 0 Å². The number of nitrogens with zero attached hydrogens (tertiary/aromatic N) is 2. The first-order valence-corrected chi connectivity index (χ1v) is 5.06. The second-order valence-corrected chi connectivity index (χ2v) is 3.61. The van der Waals surface area contributed by atoms with Gasteiger partial charge in [0.05, 0.1) is 20.6 Å². The molecule has 0 fully saturated rings. The molecule has 0 aliphatic heterocycles. The third kappa shape index (κ3) is 2.43. The second kappa shape index (κ2) is 5.36. The van der Waals surface area contributed by atoms with Crippen LogP contribution in [0.3, 0.4) is 0 Å². The van der Waals surface area contributed by atoms with Gasteiger partial charge in [-0.2, -0.15) is 0 Å². The number of hydrogen-bond donors (Lipinski definition) is 0. The number of aromatic nitrogens is 2. The Morgan fingerprint density at radius 2 is 1.81 bits per heavy atom. The molecular weight excluding hydrogens is 204 g/mol. The highest BCUT2D eigenvalue weighted by molar-refractivity contribution is 5.32. The molecule has 1 rings (SSSR count). The number of ether oxygens (including phenoxy) is 2. The zero-order chi connectivity index (χ0) is 12.1. The van der Waals surface area contributed by atoms with Gasteiger partial charge >= 0.3 is 0 Å². The normalized spacial score (nSPS) is 10.0. The lowest BCUT2D eigenvalue weighted by molar-refractivity contribution is 0.361. The SMILES string of the molecule is C#CCc1nc(OC)c(C(C)C)nc1OC. The fourth-order valence-corrected chi connectivity index (χ4v) is 1.35. The number of methoxy groups -OCH3 is 2. The lowest BCUT2D eigenvalue weighted by atomic mass is 10.1. The average molecular weight is 220 g/mol. The van der Waals surface area contributed by atoms with Gasteiger partial charge < -0.3 is 9.47 Å². The number of hydrogen-bond acceptors (Lipinski definition) is 4. The third-order valence-corrected chi connectivity index (χ3v) is 2.13. The van der Waals surface area contributed by atoms with Crippen LogP contribution in [0.1, 0.15) is 31.2 Å². The van der Waals surface area contributed by atoms with Crippen LogP contribution in [0.5, 0.6) is 11.8 Å². The molecule has 0 spiro atoms. The van der Waals surface area contributed by atoms with Crippen LogP contribution in [0.4, 0.5) is 0 Å². The quantitative estimate of drug-likeness (QED) is 0.726. The summed E-state index contributed by atoms with van der Waals surface area (Å²) in [5.41, 5.74) is 1.41. The Labute approximate surface area is 96.0 Å². The minimum absolute atomic E-state index is 0.219. The minimum Gasteiger partial charge on any atom is -0.480 e. The smallest absolute Gasteiger partial charge is 0.236 e. The van der Waals surface area contributed by atoms with Crippen molar-refractivity contribution in [2.75, 3.05) is 14.2 Å². The van der Waals surface area contributed by atoms with Crippen LogP contribution >= 0.6 is 0 Å². The summed E-state index contributed by atoms with van der Waals surface area (Å²) in [5, 5.41) is 0. The molecular formula is C12H16N2O2. The maximum Gasteiger partial charge on any atom is 0.236 e. The molecule has 0 N–H and O–H groups in total. The van der Waals surface area contributed by atoms with Gasteiger partial charge in [0.1, 0.15) is 11.4 Å². The van der Waals surface area contributed by atoms with E-state index in [9.17, 15) is 0 Å². The van der Waals surface area contributed by atoms with Gasteiger partial charge in [-0.1, -0.05) is 13.8 Å². The summed E-state index contributed by atoms with van der Waals surface area (Å²) in [6, 6.07) is 0. The Bertz CT molecular complexity index is 408. The van der Waals surface area contributed by atoms with Gasteiger partial charge in [-0.25, -0.2) is 9.97 Å². The van der Waals surface area contributed by atoms with Crippen LogP contribution in [0, 0.1) is 12.3 Å². The fraction of sp³-hybridized carbons (Fsp3) is 0.500. The fourth-order valence-electron chi connectivity index (χ4n) is 1.35. The Balaban J connectivity index is 3.29. The van der Waals surface area contributed by atoms with Crippen LogP contribution in [0.2, 0.25) is 0 Å². The molecule has 0 atom stereocenters. The monoisotopic (exact) mass is 220 g/mol. The molecule has 0 aromatic carbocycles. The molecule has 0 unspecified atom stereocenters. The minimum atomic E-state index is 0.219. The summed E-state index contributed by atoms with van der Waals surface area (Å²) in [6.07, 6.45) is 5.64. The summed E-state index contributed by atoms with van der Waals surface area (Å²) in [4.78, 5) is 8.70. The molecule has 0 saturated carbocycles. The van der Waals surface area contributed by atoms with Crippen molar-refractivity contribution in [3.63, 3.8) is 0 Å². The first-order chi connectivity index (χ1) is 7.63. The van der Waals surface area contributed by atoms with Crippen molar-refractivity contribution < 1.29 is 9.47 Å². The lowest BCUT2D eigenvalue weighted by Crippen LogP contribution is -2.06. The van der Waals surface area contributed by atoms with Gasteiger partial charge in [0.25, 0.3) is 0 Å². The molecule has 4 nitrogen and oxygen atoms in total. The first kappa shape index (κ1) is 12.3. The standard InChI is InChI=1S/C12H16N2O2/c1-6-7-9-11(15-4)14-10(8(2)3)12(13-9)16-5/h1,8H,7H2,2-5H3. The van der Waals surface area contributed by atoms with Crippen LogP contribution in [0.25, 0.3) is 0 Å². The van der Waals surface area contributed by atoms with E-state index in [1.807, 2.05) is 13.8 Å². The van der Waals surface area contributed by atoms with Gasteiger partial charge in [-0.3, -0.25) is 0 Å². The predicted octanol–water partition coefficient (Wildman–Crippen LogP) is 1.79. The molecule has 1 aromatic rings. The largest absolute Gasteiger partial charge is 0.480 e. The molecule has 86 valence electrons. The van der Waals surface area contributed by atoms with Gasteiger partial charge in [0, 0.05) is 5.92 Å². The van der Waals surface area contributed by atoms with Crippen molar-refractivity contribution in [3.05, 3.63) is 11.4 Å². The van der Waals surface area contributed by atoms with Gasteiger partial charge in [-0.05, 0) is 0 Å². The van der Waals surface area contributed by atoms with E-state index < -0.39 is 0 Å². The van der Waals surface area contributed by atoms with E-state index in [1.165, 1.54) is 0 Å². The van der Waals surface area contributed by atoms with E-state index in [1.54, 1.807) is 14.2 Å². The van der Waals surface area contributed by atoms with E-state index in [-0.39, 0.29) is 5.92 Å². The van der Waals surface area contributed by atoms with Crippen molar-refractivity contribution in [2.45, 2.75) is 26.2 Å². The van der Waals surface area contributed by atoms with Gasteiger partial charge in [0.2, 0.25) is 11.8 Å². The molecule has 0 bridgehead atoms. The maximum absolute atomic E-state index is 5.26. The van der Waals surface area contributed by atoms with Crippen molar-refractivity contribution >= 4 is 0 Å². The lowest BCUT2D eigenvalue weighted by Gasteiger charge is -2.13. The van der Waals surface area contributed by atoms with Crippen LogP contribution in [-0.2, 0) is 6.42 Å². The van der Waals surface area contributed by atoms with Crippen LogP contribution < -0.4 is 9.47 Å². The van der Waals surface area contributed by atoms with Gasteiger partial charge in [-0.15, -0.1) is 12.3 Å². The van der Waals surface area contributed by atoms with Crippen LogP contribution in [-0.4, -0.2) is 24.2 Å². The van der Waals surface area contributed by atoms with Crippen molar-refractivity contribution in [2.24, 2.45) is 0 Å². The summed E-state index contributed by atoms with van der Waals surface area (Å²) in [6.45, 7) is 4.04. The zero-order valence-electron chi connectivity index (χ0n) is 10.1. The second-order valence-electron chi connectivity index (χ2n) is 3.61. The van der Waals surface area contributed by atoms with E-state index >= 15 is 0 Å². The first-order valence-electron chi connectivity index (χ1n) is 5.06. The highest BCUT2D eigenvalue weighted by atomic mass is 16.5. The predicted molar refractivity (Wildman–Crippen MR) is 61.8 cm³/mol. The summed E-state index contributed by atoms with van der Waals surface area (Å²) < 4.78 is 10.4. The number of terminal acetylenes is 1. The third-order valence-electron chi connectivity index (χ3n) is 2.13. The Morgan fingerprint density at radius 1 is 1.19 bits per heavy atom. The van der Waals surface area contributed by atoms with Crippen molar-refractivity contribution in [1.82, 2.24) is 9.97 Å². The Kier molecular flexibility index (Phi) is 4.12. The highest BCUT2D eigenvalue weighted by Gasteiger charge is 2.16. The van der Waals surface area contributed by atoms with E-state index in [2.05, 4.69) is 15.9 Å². The Morgan fingerprint density at radius 3 is 2.25 bits per heavy atom. The summed E-state index contributed by atoms with van der Waals surface area (Å²) in [5.74, 6) is 3.73. The summed E-state index contributed by atoms with van der Waals surface area (Å²) in [7, 11) is 3.13. The summed E-state index contributed by atoms with van der Waals surface area (Å²) >= 11 is 0. The van der Waals surface area contributed by atoms with E-state index in [0.29, 0.717) is 23.9 Å². The van der Waals surface area contributed by atoms with Crippen molar-refractivity contribution in [1.29, 1.82) is 0 Å². The van der Waals surface area contributed by atoms with E-state index in [0.717, 1.165) is 5.69 Å². The zero-order valence-corrected chi connectivity index (χ0v) is 10.1. The van der Waals surface area contributed by atoms with E-state index in [4.69, 9.17) is 15.9 Å². The molecule has 0 aliphatic rings. The maximum atomic E-state index is 5.26.